The molecule has 0 aliphatic carbocycles. The van der Waals surface area contributed by atoms with Crippen LogP contribution >= 0.6 is 11.8 Å². The topological polar surface area (TPSA) is 81.9 Å². The molecule has 0 aliphatic heterocycles. The molecule has 1 aromatic heterocycles. The molecule has 0 aliphatic rings. The molecule has 126 valence electrons. The number of aromatic nitrogens is 4. The first-order chi connectivity index (χ1) is 11.4. The average Bonchev–Trinajstić information content (AvgIpc) is 2.98. The van der Waals surface area contributed by atoms with Gasteiger partial charge in [0.2, 0.25) is 11.1 Å². The number of nitrogens with zero attached hydrogens (tertiary/aromatic N) is 4. The fourth-order valence-corrected chi connectivity index (χ4v) is 2.27. The molecular weight excluding hydrogens is 347 g/mol. The van der Waals surface area contributed by atoms with Crippen LogP contribution < -0.4 is 10.1 Å². The van der Waals surface area contributed by atoms with Gasteiger partial charge in [-0.2, -0.15) is 4.68 Å². The van der Waals surface area contributed by atoms with Crippen molar-refractivity contribution in [3.8, 4) is 23.8 Å². The molecule has 0 bridgehead atoms. The Balaban J connectivity index is 2.04. The van der Waals surface area contributed by atoms with Gasteiger partial charge in [0.1, 0.15) is 5.75 Å². The number of hydrogen-bond acceptors (Lipinski definition) is 6. The summed E-state index contributed by atoms with van der Waals surface area (Å²) in [6.07, 6.45) is 0.269. The van der Waals surface area contributed by atoms with Crippen LogP contribution in [0.2, 0.25) is 0 Å². The van der Waals surface area contributed by atoms with Crippen LogP contribution in [0.25, 0.3) is 5.69 Å². The maximum absolute atomic E-state index is 12.1. The van der Waals surface area contributed by atoms with Crippen molar-refractivity contribution >= 4 is 17.7 Å². The van der Waals surface area contributed by atoms with Gasteiger partial charge < -0.3 is 10.1 Å². The maximum Gasteiger partial charge on any atom is 0.573 e. The van der Waals surface area contributed by atoms with Gasteiger partial charge in [-0.15, -0.1) is 24.7 Å². The van der Waals surface area contributed by atoms with Crippen molar-refractivity contribution in [1.29, 1.82) is 0 Å². The second kappa shape index (κ2) is 7.69. The number of amides is 1. The van der Waals surface area contributed by atoms with Gasteiger partial charge in [-0.1, -0.05) is 17.7 Å². The Bertz CT molecular complexity index is 739. The van der Waals surface area contributed by atoms with Crippen molar-refractivity contribution in [1.82, 2.24) is 25.5 Å². The summed E-state index contributed by atoms with van der Waals surface area (Å²) in [5.74, 6) is 1.66. The lowest BCUT2D eigenvalue weighted by molar-refractivity contribution is -0.274. The summed E-state index contributed by atoms with van der Waals surface area (Å²) in [6, 6.07) is 5.00. The summed E-state index contributed by atoms with van der Waals surface area (Å²) >= 11 is 1.06. The molecule has 0 fully saturated rings. The minimum Gasteiger partial charge on any atom is -0.406 e. The summed E-state index contributed by atoms with van der Waals surface area (Å²) < 4.78 is 41.5. The molecule has 2 aromatic rings. The first-order valence-electron chi connectivity index (χ1n) is 6.36. The van der Waals surface area contributed by atoms with E-state index >= 15 is 0 Å². The molecule has 11 heteroatoms. The molecule has 1 aromatic carbocycles. The molecule has 0 saturated carbocycles. The lowest BCUT2D eigenvalue weighted by Crippen LogP contribution is -2.25. The average molecular weight is 357 g/mol. The summed E-state index contributed by atoms with van der Waals surface area (Å²) in [4.78, 5) is 11.5. The Morgan fingerprint density at radius 3 is 2.71 bits per heavy atom. The molecule has 0 atom stereocenters. The monoisotopic (exact) mass is 357 g/mol. The second-order valence-corrected chi connectivity index (χ2v) is 5.13. The van der Waals surface area contributed by atoms with Crippen LogP contribution in [0.1, 0.15) is 0 Å². The number of alkyl halides is 3. The van der Waals surface area contributed by atoms with Crippen molar-refractivity contribution in [2.75, 3.05) is 12.3 Å². The number of ether oxygens (including phenoxy) is 1. The highest BCUT2D eigenvalue weighted by Gasteiger charge is 2.31. The predicted molar refractivity (Wildman–Crippen MR) is 78.4 cm³/mol. The van der Waals surface area contributed by atoms with E-state index in [1.165, 1.54) is 16.8 Å². The Morgan fingerprint density at radius 1 is 1.38 bits per heavy atom. The van der Waals surface area contributed by atoms with Crippen LogP contribution in [-0.2, 0) is 4.79 Å². The van der Waals surface area contributed by atoms with Gasteiger partial charge in [0.05, 0.1) is 18.0 Å². The van der Waals surface area contributed by atoms with Crippen LogP contribution in [0.3, 0.4) is 0 Å². The van der Waals surface area contributed by atoms with Crippen LogP contribution in [0.5, 0.6) is 5.75 Å². The normalized spacial score (nSPS) is 10.9. The third-order valence-corrected chi connectivity index (χ3v) is 3.40. The summed E-state index contributed by atoms with van der Waals surface area (Å²) in [5, 5.41) is 13.8. The molecular formula is C13H10F3N5O2S. The molecule has 0 unspecified atom stereocenters. The zero-order valence-corrected chi connectivity index (χ0v) is 12.8. The number of hydrogen-bond donors (Lipinski definition) is 1. The zero-order valence-electron chi connectivity index (χ0n) is 11.9. The molecule has 0 spiro atoms. The first-order valence-corrected chi connectivity index (χ1v) is 7.35. The van der Waals surface area contributed by atoms with Gasteiger partial charge in [0.15, 0.2) is 0 Å². The zero-order chi connectivity index (χ0) is 17.6. The van der Waals surface area contributed by atoms with Crippen LogP contribution in [0.15, 0.2) is 29.4 Å². The lowest BCUT2D eigenvalue weighted by Gasteiger charge is -2.09. The minimum absolute atomic E-state index is 0.0390. The SMILES string of the molecule is C#CCNC(=O)CSc1nnnn1-c1ccc(OC(F)(F)F)cc1. The van der Waals surface area contributed by atoms with Crippen molar-refractivity contribution in [3.05, 3.63) is 24.3 Å². The quantitative estimate of drug-likeness (QED) is 0.622. The third kappa shape index (κ3) is 5.17. The number of tetrazole rings is 1. The predicted octanol–water partition coefficient (Wildman–Crippen LogP) is 1.40. The molecule has 24 heavy (non-hydrogen) atoms. The summed E-state index contributed by atoms with van der Waals surface area (Å²) in [6.45, 7) is 0.116. The minimum atomic E-state index is -4.76. The fourth-order valence-electron chi connectivity index (χ4n) is 1.55. The molecule has 1 amide bonds. The van der Waals surface area contributed by atoms with E-state index in [1.807, 2.05) is 0 Å². The summed E-state index contributed by atoms with van der Waals surface area (Å²) in [5.41, 5.74) is 0.418. The standard InChI is InChI=1S/C13H10F3N5O2S/c1-2-7-17-11(22)8-24-12-18-19-20-21(12)9-3-5-10(6-4-9)23-13(14,15)16/h1,3-6H,7-8H2,(H,17,22). The van der Waals surface area contributed by atoms with E-state index in [9.17, 15) is 18.0 Å². The van der Waals surface area contributed by atoms with E-state index in [0.717, 1.165) is 23.9 Å². The van der Waals surface area contributed by atoms with Crippen LogP contribution in [-0.4, -0.2) is 44.8 Å². The number of carbonyl (C=O) groups is 1. The Labute approximate surface area is 138 Å². The van der Waals surface area contributed by atoms with Gasteiger partial charge >= 0.3 is 6.36 Å². The van der Waals surface area contributed by atoms with Crippen molar-refractivity contribution in [3.63, 3.8) is 0 Å². The van der Waals surface area contributed by atoms with E-state index in [4.69, 9.17) is 6.42 Å². The van der Waals surface area contributed by atoms with Crippen molar-refractivity contribution in [2.45, 2.75) is 11.5 Å². The van der Waals surface area contributed by atoms with E-state index < -0.39 is 6.36 Å². The molecule has 2 rings (SSSR count). The number of carbonyl (C=O) groups excluding carboxylic acids is 1. The van der Waals surface area contributed by atoms with Crippen LogP contribution in [0, 0.1) is 12.3 Å². The van der Waals surface area contributed by atoms with Crippen molar-refractivity contribution in [2.24, 2.45) is 0 Å². The number of thioether (sulfide) groups is 1. The smallest absolute Gasteiger partial charge is 0.406 e. The Morgan fingerprint density at radius 2 is 2.08 bits per heavy atom. The highest BCUT2D eigenvalue weighted by atomic mass is 32.2. The molecule has 0 saturated heterocycles. The highest BCUT2D eigenvalue weighted by molar-refractivity contribution is 7.99. The van der Waals surface area contributed by atoms with Gasteiger partial charge in [0.25, 0.3) is 0 Å². The first kappa shape index (κ1) is 17.6. The number of halogens is 3. The number of rotatable bonds is 6. The molecule has 1 heterocycles. The fraction of sp³-hybridized carbons (Fsp3) is 0.231. The molecule has 0 radical (unpaired) electrons. The summed E-state index contributed by atoms with van der Waals surface area (Å²) in [7, 11) is 0. The largest absolute Gasteiger partial charge is 0.573 e. The van der Waals surface area contributed by atoms with E-state index in [1.54, 1.807) is 0 Å². The maximum atomic E-state index is 12.1. The number of benzene rings is 1. The van der Waals surface area contributed by atoms with E-state index in [-0.39, 0.29) is 24.0 Å². The van der Waals surface area contributed by atoms with Crippen LogP contribution in [0.4, 0.5) is 13.2 Å². The lowest BCUT2D eigenvalue weighted by atomic mass is 10.3. The Hall–Kier alpha value is -2.74. The van der Waals surface area contributed by atoms with Crippen molar-refractivity contribution < 1.29 is 22.7 Å². The number of nitrogens with one attached hydrogen (secondary N) is 1. The Kier molecular flexibility index (Phi) is 5.64. The molecule has 7 nitrogen and oxygen atoms in total. The second-order valence-electron chi connectivity index (χ2n) is 4.18. The van der Waals surface area contributed by atoms with E-state index in [2.05, 4.69) is 31.5 Å². The van der Waals surface area contributed by atoms with E-state index in [0.29, 0.717) is 10.8 Å². The molecule has 1 N–H and O–H groups in total. The van der Waals surface area contributed by atoms with Gasteiger partial charge in [-0.05, 0) is 34.7 Å². The highest BCUT2D eigenvalue weighted by Crippen LogP contribution is 2.24. The van der Waals surface area contributed by atoms with Gasteiger partial charge in [-0.25, -0.2) is 0 Å². The number of terminal acetylenes is 1. The third-order valence-electron chi connectivity index (χ3n) is 2.48. The van der Waals surface area contributed by atoms with Gasteiger partial charge in [0, 0.05) is 0 Å². The van der Waals surface area contributed by atoms with Gasteiger partial charge in [-0.3, -0.25) is 4.79 Å².